The summed E-state index contributed by atoms with van der Waals surface area (Å²) in [5.41, 5.74) is 1.06. The number of fused-ring (bicyclic) bond motifs is 1. The minimum absolute atomic E-state index is 0.0797. The number of esters is 2. The summed E-state index contributed by atoms with van der Waals surface area (Å²) in [6.45, 7) is 9.40. The van der Waals surface area contributed by atoms with E-state index in [1.54, 1.807) is 0 Å². The summed E-state index contributed by atoms with van der Waals surface area (Å²) in [5.74, 6) is -0.243. The molecule has 118 valence electrons. The Morgan fingerprint density at radius 3 is 2.71 bits per heavy atom. The molecule has 1 saturated heterocycles. The highest BCUT2D eigenvalue weighted by molar-refractivity contribution is 5.72. The quantitative estimate of drug-likeness (QED) is 0.571. The van der Waals surface area contributed by atoms with E-state index in [0.29, 0.717) is 6.61 Å². The molecule has 5 nitrogen and oxygen atoms in total. The van der Waals surface area contributed by atoms with Crippen LogP contribution in [0.1, 0.15) is 34.1 Å². The Labute approximate surface area is 126 Å². The molecule has 3 atom stereocenters. The third-order valence-corrected chi connectivity index (χ3v) is 4.48. The van der Waals surface area contributed by atoms with E-state index in [4.69, 9.17) is 9.47 Å². The summed E-state index contributed by atoms with van der Waals surface area (Å²) in [6, 6.07) is 0.0797. The van der Waals surface area contributed by atoms with Crippen molar-refractivity contribution >= 4 is 11.9 Å². The molecule has 0 aromatic carbocycles. The predicted molar refractivity (Wildman–Crippen MR) is 78.6 cm³/mol. The molecule has 0 aliphatic carbocycles. The van der Waals surface area contributed by atoms with Crippen molar-refractivity contribution in [2.75, 3.05) is 19.7 Å². The molecule has 0 N–H and O–H groups in total. The molecule has 2 aliphatic heterocycles. The topological polar surface area (TPSA) is 55.8 Å². The molecule has 2 aliphatic rings. The van der Waals surface area contributed by atoms with Crippen LogP contribution >= 0.6 is 0 Å². The lowest BCUT2D eigenvalue weighted by atomic mass is 9.98. The number of carbonyl (C=O) groups excluding carboxylic acids is 2. The van der Waals surface area contributed by atoms with Gasteiger partial charge in [0, 0.05) is 20.0 Å². The van der Waals surface area contributed by atoms with Gasteiger partial charge in [0.25, 0.3) is 0 Å². The van der Waals surface area contributed by atoms with Gasteiger partial charge < -0.3 is 9.47 Å². The minimum Gasteiger partial charge on any atom is -0.461 e. The van der Waals surface area contributed by atoms with Gasteiger partial charge in [0.1, 0.15) is 12.7 Å². The SMILES string of the molecule is CC(=O)O[C@@H]1CCN2CC=C(COC(=O)C(C)C(C)C)C12. The van der Waals surface area contributed by atoms with Crippen molar-refractivity contribution in [1.82, 2.24) is 4.90 Å². The van der Waals surface area contributed by atoms with E-state index in [1.165, 1.54) is 6.92 Å². The first-order valence-corrected chi connectivity index (χ1v) is 7.67. The van der Waals surface area contributed by atoms with Gasteiger partial charge in [-0.15, -0.1) is 0 Å². The molecule has 2 heterocycles. The zero-order valence-electron chi connectivity index (χ0n) is 13.3. The van der Waals surface area contributed by atoms with Crippen LogP contribution in [-0.4, -0.2) is 48.7 Å². The first-order chi connectivity index (χ1) is 9.90. The molecule has 0 spiro atoms. The van der Waals surface area contributed by atoms with Crippen LogP contribution in [0.5, 0.6) is 0 Å². The maximum absolute atomic E-state index is 11.9. The Kier molecular flexibility index (Phi) is 5.04. The minimum atomic E-state index is -0.251. The van der Waals surface area contributed by atoms with Gasteiger partial charge in [0.2, 0.25) is 0 Å². The zero-order valence-corrected chi connectivity index (χ0v) is 13.3. The van der Waals surface area contributed by atoms with Crippen molar-refractivity contribution in [3.63, 3.8) is 0 Å². The number of rotatable bonds is 5. The molecule has 5 heteroatoms. The lowest BCUT2D eigenvalue weighted by molar-refractivity contribution is -0.150. The number of hydrogen-bond donors (Lipinski definition) is 0. The van der Waals surface area contributed by atoms with Crippen molar-refractivity contribution in [2.45, 2.75) is 46.3 Å². The van der Waals surface area contributed by atoms with Crippen LogP contribution in [0.25, 0.3) is 0 Å². The number of nitrogens with zero attached hydrogens (tertiary/aromatic N) is 1. The summed E-state index contributed by atoms with van der Waals surface area (Å²) in [4.78, 5) is 25.4. The van der Waals surface area contributed by atoms with Crippen LogP contribution in [0.3, 0.4) is 0 Å². The lowest BCUT2D eigenvalue weighted by Gasteiger charge is -2.24. The lowest BCUT2D eigenvalue weighted by Crippen LogP contribution is -2.36. The van der Waals surface area contributed by atoms with Gasteiger partial charge in [-0.05, 0) is 17.9 Å². The van der Waals surface area contributed by atoms with Gasteiger partial charge in [0.15, 0.2) is 0 Å². The number of hydrogen-bond acceptors (Lipinski definition) is 5. The van der Waals surface area contributed by atoms with E-state index in [2.05, 4.69) is 11.0 Å². The normalized spacial score (nSPS) is 26.4. The highest BCUT2D eigenvalue weighted by Gasteiger charge is 2.41. The van der Waals surface area contributed by atoms with Gasteiger partial charge in [-0.1, -0.05) is 26.8 Å². The maximum Gasteiger partial charge on any atom is 0.309 e. The average Bonchev–Trinajstić information content (AvgIpc) is 2.98. The summed E-state index contributed by atoms with van der Waals surface area (Å²) < 4.78 is 10.8. The van der Waals surface area contributed by atoms with Crippen molar-refractivity contribution in [3.05, 3.63) is 11.6 Å². The Bertz CT molecular complexity index is 444. The zero-order chi connectivity index (χ0) is 15.6. The Morgan fingerprint density at radius 2 is 2.10 bits per heavy atom. The monoisotopic (exact) mass is 295 g/mol. The Balaban J connectivity index is 1.91. The second kappa shape index (κ2) is 6.60. The Morgan fingerprint density at radius 1 is 1.38 bits per heavy atom. The molecular formula is C16H25NO4. The molecule has 2 unspecified atom stereocenters. The van der Waals surface area contributed by atoms with E-state index in [0.717, 1.165) is 25.1 Å². The smallest absolute Gasteiger partial charge is 0.309 e. The molecule has 21 heavy (non-hydrogen) atoms. The van der Waals surface area contributed by atoms with Gasteiger partial charge >= 0.3 is 11.9 Å². The molecule has 0 saturated carbocycles. The van der Waals surface area contributed by atoms with E-state index in [-0.39, 0.29) is 35.9 Å². The van der Waals surface area contributed by atoms with Gasteiger partial charge in [-0.2, -0.15) is 0 Å². The fraction of sp³-hybridized carbons (Fsp3) is 0.750. The first-order valence-electron chi connectivity index (χ1n) is 7.67. The molecular weight excluding hydrogens is 270 g/mol. The van der Waals surface area contributed by atoms with Crippen LogP contribution in [0.4, 0.5) is 0 Å². The standard InChI is InChI=1S/C16H25NO4/c1-10(2)11(3)16(19)20-9-13-5-7-17-8-6-14(15(13)17)21-12(4)18/h5,10-11,14-15H,6-9H2,1-4H3/t11?,14-,15?/m1/s1. The van der Waals surface area contributed by atoms with Gasteiger partial charge in [-0.25, -0.2) is 0 Å². The average molecular weight is 295 g/mol. The van der Waals surface area contributed by atoms with Crippen LogP contribution in [-0.2, 0) is 19.1 Å². The van der Waals surface area contributed by atoms with E-state index in [1.807, 2.05) is 20.8 Å². The first kappa shape index (κ1) is 16.0. The summed E-state index contributed by atoms with van der Waals surface area (Å²) >= 11 is 0. The second-order valence-electron chi connectivity index (χ2n) is 6.30. The van der Waals surface area contributed by atoms with Crippen LogP contribution < -0.4 is 0 Å². The molecule has 0 radical (unpaired) electrons. The molecule has 0 aromatic rings. The third kappa shape index (κ3) is 3.64. The third-order valence-electron chi connectivity index (χ3n) is 4.48. The van der Waals surface area contributed by atoms with Crippen molar-refractivity contribution < 1.29 is 19.1 Å². The maximum atomic E-state index is 11.9. The van der Waals surface area contributed by atoms with Crippen LogP contribution in [0, 0.1) is 11.8 Å². The van der Waals surface area contributed by atoms with Crippen molar-refractivity contribution in [3.8, 4) is 0 Å². The molecule has 0 amide bonds. The Hall–Kier alpha value is -1.36. The van der Waals surface area contributed by atoms with E-state index in [9.17, 15) is 9.59 Å². The van der Waals surface area contributed by atoms with Crippen LogP contribution in [0.15, 0.2) is 11.6 Å². The molecule has 2 rings (SSSR count). The van der Waals surface area contributed by atoms with E-state index < -0.39 is 0 Å². The fourth-order valence-corrected chi connectivity index (χ4v) is 2.90. The summed E-state index contributed by atoms with van der Waals surface area (Å²) in [6.07, 6.45) is 2.82. The van der Waals surface area contributed by atoms with Gasteiger partial charge in [0.05, 0.1) is 12.0 Å². The number of carbonyl (C=O) groups is 2. The van der Waals surface area contributed by atoms with E-state index >= 15 is 0 Å². The molecule has 0 bridgehead atoms. The predicted octanol–water partition coefficient (Wildman–Crippen LogP) is 1.77. The summed E-state index contributed by atoms with van der Waals surface area (Å²) in [5, 5.41) is 0. The number of ether oxygens (including phenoxy) is 2. The largest absolute Gasteiger partial charge is 0.461 e. The fourth-order valence-electron chi connectivity index (χ4n) is 2.90. The summed E-state index contributed by atoms with van der Waals surface area (Å²) in [7, 11) is 0. The van der Waals surface area contributed by atoms with Crippen LogP contribution in [0.2, 0.25) is 0 Å². The second-order valence-corrected chi connectivity index (χ2v) is 6.30. The van der Waals surface area contributed by atoms with Crippen molar-refractivity contribution in [1.29, 1.82) is 0 Å². The van der Waals surface area contributed by atoms with Gasteiger partial charge in [-0.3, -0.25) is 14.5 Å². The highest BCUT2D eigenvalue weighted by Crippen LogP contribution is 2.31. The highest BCUT2D eigenvalue weighted by atomic mass is 16.5. The molecule has 1 fully saturated rings. The molecule has 0 aromatic heterocycles. The van der Waals surface area contributed by atoms with Crippen molar-refractivity contribution in [2.24, 2.45) is 11.8 Å².